The van der Waals surface area contributed by atoms with Crippen LogP contribution in [0.25, 0.3) is 0 Å². The fourth-order valence-corrected chi connectivity index (χ4v) is 2.97. The standard InChI is InChI=1S/C17H23F3N2O.ClH/c1-11-10-14(7-8-21-11)16(23)22-12(2)9-13-3-5-15(6-4-13)17(18,19)20;/h3-6,11-12,14,21H,7-10H2,1-2H3,(H,22,23);1H/t11-,12?,14-;/m0./s1. The SMILES string of the molecule is CC(Cc1ccc(C(F)(F)F)cc1)NC(=O)[C@H]1CCN[C@@H](C)C1.Cl. The monoisotopic (exact) mass is 364 g/mol. The molecule has 0 spiro atoms. The van der Waals surface area contributed by atoms with Gasteiger partial charge < -0.3 is 10.6 Å². The summed E-state index contributed by atoms with van der Waals surface area (Å²) in [6.45, 7) is 4.78. The Kier molecular flexibility index (Phi) is 7.55. The predicted octanol–water partition coefficient (Wildman–Crippen LogP) is 3.56. The van der Waals surface area contributed by atoms with Crippen LogP contribution in [-0.2, 0) is 17.4 Å². The minimum atomic E-state index is -4.32. The minimum Gasteiger partial charge on any atom is -0.353 e. The molecule has 1 fully saturated rings. The maximum Gasteiger partial charge on any atom is 0.416 e. The van der Waals surface area contributed by atoms with E-state index in [0.29, 0.717) is 12.5 Å². The molecule has 24 heavy (non-hydrogen) atoms. The molecule has 1 heterocycles. The van der Waals surface area contributed by atoms with Gasteiger partial charge in [0, 0.05) is 18.0 Å². The molecule has 2 N–H and O–H groups in total. The molecule has 0 aromatic heterocycles. The Balaban J connectivity index is 0.00000288. The van der Waals surface area contributed by atoms with Crippen molar-refractivity contribution in [3.05, 3.63) is 35.4 Å². The fraction of sp³-hybridized carbons (Fsp3) is 0.588. The maximum absolute atomic E-state index is 12.5. The number of nitrogens with one attached hydrogen (secondary N) is 2. The number of alkyl halides is 3. The van der Waals surface area contributed by atoms with Crippen LogP contribution in [0.2, 0.25) is 0 Å². The molecule has 3 atom stereocenters. The third-order valence-corrected chi connectivity index (χ3v) is 4.21. The summed E-state index contributed by atoms with van der Waals surface area (Å²) in [6, 6.07) is 5.33. The summed E-state index contributed by atoms with van der Waals surface area (Å²) in [4.78, 5) is 12.2. The molecular weight excluding hydrogens is 341 g/mol. The Morgan fingerprint density at radius 1 is 1.33 bits per heavy atom. The van der Waals surface area contributed by atoms with E-state index >= 15 is 0 Å². The smallest absolute Gasteiger partial charge is 0.353 e. The summed E-state index contributed by atoms with van der Waals surface area (Å²) in [6.07, 6.45) is -2.16. The van der Waals surface area contributed by atoms with Gasteiger partial charge in [0.1, 0.15) is 0 Å². The molecule has 0 aliphatic carbocycles. The quantitative estimate of drug-likeness (QED) is 0.857. The lowest BCUT2D eigenvalue weighted by atomic mass is 9.92. The zero-order valence-electron chi connectivity index (χ0n) is 13.8. The highest BCUT2D eigenvalue weighted by molar-refractivity contribution is 5.85. The minimum absolute atomic E-state index is 0. The second-order valence-electron chi connectivity index (χ2n) is 6.38. The zero-order chi connectivity index (χ0) is 17.0. The highest BCUT2D eigenvalue weighted by atomic mass is 35.5. The van der Waals surface area contributed by atoms with Gasteiger partial charge in [-0.1, -0.05) is 12.1 Å². The highest BCUT2D eigenvalue weighted by Crippen LogP contribution is 2.29. The van der Waals surface area contributed by atoms with Gasteiger partial charge in [-0.3, -0.25) is 4.79 Å². The number of carbonyl (C=O) groups is 1. The van der Waals surface area contributed by atoms with Gasteiger partial charge in [-0.25, -0.2) is 0 Å². The molecule has 1 amide bonds. The number of halogens is 4. The molecule has 3 nitrogen and oxygen atoms in total. The summed E-state index contributed by atoms with van der Waals surface area (Å²) >= 11 is 0. The van der Waals surface area contributed by atoms with Crippen molar-refractivity contribution in [3.8, 4) is 0 Å². The molecule has 0 saturated carbocycles. The summed E-state index contributed by atoms with van der Waals surface area (Å²) in [5, 5.41) is 6.28. The van der Waals surface area contributed by atoms with Crippen LogP contribution in [0.5, 0.6) is 0 Å². The lowest BCUT2D eigenvalue weighted by molar-refractivity contribution is -0.137. The molecular formula is C17H24ClF3N2O. The third-order valence-electron chi connectivity index (χ3n) is 4.21. The van der Waals surface area contributed by atoms with E-state index in [1.54, 1.807) is 0 Å². The van der Waals surface area contributed by atoms with Crippen molar-refractivity contribution in [1.82, 2.24) is 10.6 Å². The van der Waals surface area contributed by atoms with Crippen LogP contribution in [0.1, 0.15) is 37.8 Å². The zero-order valence-corrected chi connectivity index (χ0v) is 14.6. The van der Waals surface area contributed by atoms with Crippen molar-refractivity contribution in [1.29, 1.82) is 0 Å². The molecule has 1 aliphatic rings. The number of carbonyl (C=O) groups excluding carboxylic acids is 1. The molecule has 1 aliphatic heterocycles. The van der Waals surface area contributed by atoms with Crippen LogP contribution in [0, 0.1) is 5.92 Å². The lowest BCUT2D eigenvalue weighted by Crippen LogP contribution is -2.45. The number of benzene rings is 1. The number of hydrogen-bond acceptors (Lipinski definition) is 2. The van der Waals surface area contributed by atoms with E-state index in [1.165, 1.54) is 12.1 Å². The van der Waals surface area contributed by atoms with Crippen LogP contribution < -0.4 is 10.6 Å². The Morgan fingerprint density at radius 2 is 1.96 bits per heavy atom. The van der Waals surface area contributed by atoms with Gasteiger partial charge in [0.15, 0.2) is 0 Å². The molecule has 1 saturated heterocycles. The van der Waals surface area contributed by atoms with Crippen molar-refractivity contribution < 1.29 is 18.0 Å². The second kappa shape index (κ2) is 8.72. The first-order valence-corrected chi connectivity index (χ1v) is 7.95. The average molecular weight is 365 g/mol. The Morgan fingerprint density at radius 3 is 2.50 bits per heavy atom. The van der Waals surface area contributed by atoms with E-state index in [2.05, 4.69) is 17.6 Å². The van der Waals surface area contributed by atoms with E-state index in [9.17, 15) is 18.0 Å². The van der Waals surface area contributed by atoms with Crippen molar-refractivity contribution >= 4 is 18.3 Å². The van der Waals surface area contributed by atoms with E-state index < -0.39 is 11.7 Å². The van der Waals surface area contributed by atoms with E-state index in [4.69, 9.17) is 0 Å². The van der Waals surface area contributed by atoms with E-state index in [0.717, 1.165) is 37.1 Å². The van der Waals surface area contributed by atoms with Crippen molar-refractivity contribution in [2.24, 2.45) is 5.92 Å². The van der Waals surface area contributed by atoms with Crippen LogP contribution in [0.4, 0.5) is 13.2 Å². The van der Waals surface area contributed by atoms with Crippen LogP contribution in [0.15, 0.2) is 24.3 Å². The normalized spacial score (nSPS) is 22.4. The highest BCUT2D eigenvalue weighted by Gasteiger charge is 2.30. The van der Waals surface area contributed by atoms with Gasteiger partial charge >= 0.3 is 6.18 Å². The van der Waals surface area contributed by atoms with Crippen LogP contribution in [0.3, 0.4) is 0 Å². The number of piperidine rings is 1. The molecule has 1 aromatic carbocycles. The fourth-order valence-electron chi connectivity index (χ4n) is 2.97. The molecule has 0 bridgehead atoms. The van der Waals surface area contributed by atoms with Gasteiger partial charge in [0.2, 0.25) is 5.91 Å². The Bertz CT molecular complexity index is 534. The van der Waals surface area contributed by atoms with Crippen LogP contribution in [-0.4, -0.2) is 24.5 Å². The predicted molar refractivity (Wildman–Crippen MR) is 90.2 cm³/mol. The first-order chi connectivity index (χ1) is 10.8. The van der Waals surface area contributed by atoms with Gasteiger partial charge in [-0.2, -0.15) is 13.2 Å². The maximum atomic E-state index is 12.5. The van der Waals surface area contributed by atoms with Gasteiger partial charge in [-0.05, 0) is 57.4 Å². The summed E-state index contributed by atoms with van der Waals surface area (Å²) in [7, 11) is 0. The molecule has 7 heteroatoms. The van der Waals surface area contributed by atoms with Gasteiger partial charge in [0.05, 0.1) is 5.56 Å². The molecule has 0 radical (unpaired) electrons. The first-order valence-electron chi connectivity index (χ1n) is 7.95. The first kappa shape index (κ1) is 20.8. The molecule has 2 rings (SSSR count). The number of amides is 1. The Labute approximate surface area is 146 Å². The number of hydrogen-bond donors (Lipinski definition) is 2. The topological polar surface area (TPSA) is 41.1 Å². The summed E-state index contributed by atoms with van der Waals surface area (Å²) in [5.41, 5.74) is 0.131. The van der Waals surface area contributed by atoms with Crippen molar-refractivity contribution in [2.75, 3.05) is 6.54 Å². The summed E-state index contributed by atoms with van der Waals surface area (Å²) in [5.74, 6) is 0.0547. The second-order valence-corrected chi connectivity index (χ2v) is 6.38. The van der Waals surface area contributed by atoms with E-state index in [1.807, 2.05) is 6.92 Å². The van der Waals surface area contributed by atoms with Gasteiger partial charge in [0.25, 0.3) is 0 Å². The van der Waals surface area contributed by atoms with Crippen LogP contribution >= 0.6 is 12.4 Å². The van der Waals surface area contributed by atoms with Crippen molar-refractivity contribution in [3.63, 3.8) is 0 Å². The number of rotatable bonds is 4. The molecule has 1 aromatic rings. The van der Waals surface area contributed by atoms with Crippen molar-refractivity contribution in [2.45, 2.75) is 51.4 Å². The Hall–Kier alpha value is -1.27. The van der Waals surface area contributed by atoms with Gasteiger partial charge in [-0.15, -0.1) is 12.4 Å². The largest absolute Gasteiger partial charge is 0.416 e. The molecule has 1 unspecified atom stereocenters. The van der Waals surface area contributed by atoms with E-state index in [-0.39, 0.29) is 30.3 Å². The summed E-state index contributed by atoms with van der Waals surface area (Å²) < 4.78 is 37.6. The third kappa shape index (κ3) is 5.98. The molecule has 136 valence electrons. The lowest BCUT2D eigenvalue weighted by Gasteiger charge is -2.28. The average Bonchev–Trinajstić information content (AvgIpc) is 2.46.